The second-order valence-corrected chi connectivity index (χ2v) is 7.42. The third-order valence-corrected chi connectivity index (χ3v) is 5.06. The van der Waals surface area contributed by atoms with Gasteiger partial charge in [-0.1, -0.05) is 34.9 Å². The smallest absolute Gasteiger partial charge is 0.228 e. The van der Waals surface area contributed by atoms with Gasteiger partial charge in [0.05, 0.1) is 20.8 Å². The van der Waals surface area contributed by atoms with E-state index in [1.807, 2.05) is 19.9 Å². The molecule has 0 aromatic carbocycles. The minimum atomic E-state index is -0.297. The van der Waals surface area contributed by atoms with E-state index in [9.17, 15) is 9.59 Å². The molecule has 0 amide bonds. The van der Waals surface area contributed by atoms with Crippen LogP contribution in [0.15, 0.2) is 57.6 Å². The van der Waals surface area contributed by atoms with Crippen LogP contribution in [0.1, 0.15) is 59.8 Å². The van der Waals surface area contributed by atoms with E-state index in [4.69, 9.17) is 14.6 Å². The summed E-state index contributed by atoms with van der Waals surface area (Å²) in [5, 5.41) is 9.00. The number of methoxy groups -OCH3 is 2. The molecule has 0 saturated carbocycles. The number of aliphatic hydroxyl groups is 1. The van der Waals surface area contributed by atoms with E-state index in [1.165, 1.54) is 25.4 Å². The van der Waals surface area contributed by atoms with Gasteiger partial charge < -0.3 is 14.6 Å². The summed E-state index contributed by atoms with van der Waals surface area (Å²) in [6.45, 7) is 7.85. The molecule has 1 aliphatic rings. The van der Waals surface area contributed by atoms with Crippen LogP contribution in [0.3, 0.4) is 0 Å². The highest BCUT2D eigenvalue weighted by Crippen LogP contribution is 2.28. The number of hydrogen-bond acceptors (Lipinski definition) is 5. The summed E-state index contributed by atoms with van der Waals surface area (Å²) >= 11 is 0. The van der Waals surface area contributed by atoms with Gasteiger partial charge in [-0.2, -0.15) is 0 Å². The Bertz CT molecular complexity index is 775. The van der Waals surface area contributed by atoms with Crippen molar-refractivity contribution in [2.24, 2.45) is 0 Å². The van der Waals surface area contributed by atoms with E-state index in [2.05, 4.69) is 19.1 Å². The molecule has 0 saturated heterocycles. The number of ether oxygens (including phenoxy) is 2. The molecule has 0 aromatic rings. The highest BCUT2D eigenvalue weighted by molar-refractivity contribution is 6.23. The summed E-state index contributed by atoms with van der Waals surface area (Å²) in [5.74, 6) is -0.626. The largest absolute Gasteiger partial charge is 0.489 e. The summed E-state index contributed by atoms with van der Waals surface area (Å²) in [5.41, 5.74) is 4.38. The topological polar surface area (TPSA) is 72.8 Å². The molecule has 1 aliphatic carbocycles. The van der Waals surface area contributed by atoms with E-state index in [-0.39, 0.29) is 29.7 Å². The number of hydrogen-bond donors (Lipinski definition) is 1. The first-order valence-corrected chi connectivity index (χ1v) is 9.95. The van der Waals surface area contributed by atoms with Gasteiger partial charge in [0.1, 0.15) is 0 Å². The maximum absolute atomic E-state index is 12.6. The number of aliphatic hydroxyl groups excluding tert-OH is 1. The van der Waals surface area contributed by atoms with Gasteiger partial charge in [0.2, 0.25) is 23.1 Å². The van der Waals surface area contributed by atoms with Gasteiger partial charge in [-0.05, 0) is 59.8 Å². The zero-order valence-corrected chi connectivity index (χ0v) is 18.6. The quantitative estimate of drug-likeness (QED) is 0.399. The normalized spacial score (nSPS) is 16.7. The van der Waals surface area contributed by atoms with Crippen LogP contribution in [-0.4, -0.2) is 37.5 Å². The molecule has 5 heteroatoms. The van der Waals surface area contributed by atoms with E-state index in [1.54, 1.807) is 6.92 Å². The molecule has 0 spiro atoms. The van der Waals surface area contributed by atoms with Crippen molar-refractivity contribution in [3.05, 3.63) is 57.6 Å². The minimum absolute atomic E-state index is 0.0202. The van der Waals surface area contributed by atoms with Crippen molar-refractivity contribution in [2.75, 3.05) is 20.8 Å². The molecule has 29 heavy (non-hydrogen) atoms. The van der Waals surface area contributed by atoms with Gasteiger partial charge in [0.25, 0.3) is 0 Å². The first-order valence-electron chi connectivity index (χ1n) is 9.95. The Morgan fingerprint density at radius 1 is 0.828 bits per heavy atom. The lowest BCUT2D eigenvalue weighted by molar-refractivity contribution is -0.121. The first-order chi connectivity index (χ1) is 13.8. The van der Waals surface area contributed by atoms with Crippen molar-refractivity contribution >= 4 is 11.6 Å². The van der Waals surface area contributed by atoms with Gasteiger partial charge in [0.15, 0.2) is 0 Å². The van der Waals surface area contributed by atoms with Gasteiger partial charge in [-0.3, -0.25) is 9.59 Å². The number of carbonyl (C=O) groups excluding carboxylic acids is 2. The van der Waals surface area contributed by atoms with Crippen LogP contribution in [0.4, 0.5) is 0 Å². The lowest BCUT2D eigenvalue weighted by atomic mass is 9.90. The fourth-order valence-electron chi connectivity index (χ4n) is 3.07. The summed E-state index contributed by atoms with van der Waals surface area (Å²) in [7, 11) is 2.73. The molecule has 1 rings (SSSR count). The molecule has 160 valence electrons. The average molecular weight is 403 g/mol. The molecule has 0 atom stereocenters. The van der Waals surface area contributed by atoms with E-state index in [0.29, 0.717) is 17.6 Å². The zero-order chi connectivity index (χ0) is 22.0. The van der Waals surface area contributed by atoms with Crippen molar-refractivity contribution in [3.63, 3.8) is 0 Å². The van der Waals surface area contributed by atoms with Gasteiger partial charge in [0, 0.05) is 11.1 Å². The molecule has 0 fully saturated rings. The number of ketones is 2. The Labute approximate surface area is 174 Å². The maximum atomic E-state index is 12.6. The van der Waals surface area contributed by atoms with Crippen LogP contribution >= 0.6 is 0 Å². The molecule has 1 N–H and O–H groups in total. The minimum Gasteiger partial charge on any atom is -0.489 e. The molecule has 0 heterocycles. The highest BCUT2D eigenvalue weighted by atomic mass is 16.5. The Balaban J connectivity index is 2.67. The van der Waals surface area contributed by atoms with E-state index in [0.717, 1.165) is 31.3 Å². The molecular weight excluding hydrogens is 368 g/mol. The molecule has 0 radical (unpaired) electrons. The summed E-state index contributed by atoms with van der Waals surface area (Å²) in [6.07, 6.45) is 10.5. The number of rotatable bonds is 11. The molecule has 0 bridgehead atoms. The molecule has 5 nitrogen and oxygen atoms in total. The lowest BCUT2D eigenvalue weighted by Gasteiger charge is -2.19. The Kier molecular flexibility index (Phi) is 10.4. The Morgan fingerprint density at radius 2 is 1.31 bits per heavy atom. The predicted octanol–water partition coefficient (Wildman–Crippen LogP) is 4.74. The van der Waals surface area contributed by atoms with Crippen LogP contribution in [0.2, 0.25) is 0 Å². The summed E-state index contributed by atoms with van der Waals surface area (Å²) < 4.78 is 10.2. The predicted molar refractivity (Wildman–Crippen MR) is 115 cm³/mol. The molecular formula is C24H34O5. The second kappa shape index (κ2) is 12.2. The van der Waals surface area contributed by atoms with Crippen LogP contribution in [-0.2, 0) is 19.1 Å². The van der Waals surface area contributed by atoms with Crippen molar-refractivity contribution in [2.45, 2.75) is 59.8 Å². The van der Waals surface area contributed by atoms with Crippen molar-refractivity contribution in [3.8, 4) is 0 Å². The third-order valence-electron chi connectivity index (χ3n) is 5.06. The van der Waals surface area contributed by atoms with Gasteiger partial charge in [-0.25, -0.2) is 0 Å². The average Bonchev–Trinajstić information content (AvgIpc) is 2.70. The lowest BCUT2D eigenvalue weighted by Crippen LogP contribution is -2.24. The monoisotopic (exact) mass is 402 g/mol. The number of carbonyl (C=O) groups is 2. The zero-order valence-electron chi connectivity index (χ0n) is 18.6. The summed E-state index contributed by atoms with van der Waals surface area (Å²) in [4.78, 5) is 25.0. The van der Waals surface area contributed by atoms with Gasteiger partial charge in [-0.15, -0.1) is 0 Å². The third kappa shape index (κ3) is 7.17. The number of Topliss-reactive ketones (excluding diaryl/α,β-unsaturated/α-hetero) is 2. The molecule has 0 aliphatic heterocycles. The number of allylic oxidation sites excluding steroid dienone is 7. The van der Waals surface area contributed by atoms with Crippen molar-refractivity contribution in [1.82, 2.24) is 0 Å². The van der Waals surface area contributed by atoms with Crippen molar-refractivity contribution in [1.29, 1.82) is 0 Å². The Hall–Kier alpha value is -2.40. The van der Waals surface area contributed by atoms with E-state index >= 15 is 0 Å². The van der Waals surface area contributed by atoms with Gasteiger partial charge >= 0.3 is 0 Å². The van der Waals surface area contributed by atoms with E-state index < -0.39 is 0 Å². The SMILES string of the molecule is COC1=C(OC)C(=O)C(C/C=C(\C)CC/C=C(\C)CCC=C(C)CO)=C(C)C1=O. The maximum Gasteiger partial charge on any atom is 0.228 e. The fourth-order valence-corrected chi connectivity index (χ4v) is 3.07. The first kappa shape index (κ1) is 24.6. The molecule has 0 aromatic heterocycles. The molecule has 0 unspecified atom stereocenters. The summed E-state index contributed by atoms with van der Waals surface area (Å²) in [6, 6.07) is 0. The van der Waals surface area contributed by atoms with Crippen LogP contribution < -0.4 is 0 Å². The Morgan fingerprint density at radius 3 is 1.83 bits per heavy atom. The standard InChI is InChI=1S/C24H34O5/c1-16(10-8-12-18(3)15-25)9-7-11-17(2)13-14-20-19(4)21(26)23(28-5)24(29-6)22(20)27/h9,12-13,25H,7-8,10-11,14-15H2,1-6H3/b16-9+,17-13+,18-12?. The van der Waals surface area contributed by atoms with Crippen LogP contribution in [0.25, 0.3) is 0 Å². The second-order valence-electron chi connectivity index (χ2n) is 7.42. The highest BCUT2D eigenvalue weighted by Gasteiger charge is 2.33. The van der Waals surface area contributed by atoms with Crippen LogP contribution in [0.5, 0.6) is 0 Å². The van der Waals surface area contributed by atoms with Crippen molar-refractivity contribution < 1.29 is 24.2 Å². The van der Waals surface area contributed by atoms with Crippen LogP contribution in [0, 0.1) is 0 Å². The fraction of sp³-hybridized carbons (Fsp3) is 0.500.